The van der Waals surface area contributed by atoms with Gasteiger partial charge in [0.05, 0.1) is 10.9 Å². The van der Waals surface area contributed by atoms with Gasteiger partial charge >= 0.3 is 6.18 Å². The lowest BCUT2D eigenvalue weighted by atomic mass is 9.75. The van der Waals surface area contributed by atoms with Crippen molar-refractivity contribution in [2.24, 2.45) is 11.7 Å². The van der Waals surface area contributed by atoms with Gasteiger partial charge in [0, 0.05) is 29.8 Å². The zero-order chi connectivity index (χ0) is 25.2. The summed E-state index contributed by atoms with van der Waals surface area (Å²) in [4.78, 5) is 31.2. The molecule has 4 atom stereocenters. The summed E-state index contributed by atoms with van der Waals surface area (Å²) in [5, 5.41) is -0.121. The molecule has 1 amide bonds. The lowest BCUT2D eigenvalue weighted by Gasteiger charge is -2.32. The van der Waals surface area contributed by atoms with Crippen molar-refractivity contribution in [1.82, 2.24) is 9.97 Å². The number of H-pyrrole nitrogens is 1. The van der Waals surface area contributed by atoms with Crippen molar-refractivity contribution in [3.05, 3.63) is 74.8 Å². The first-order valence-electron chi connectivity index (χ1n) is 10.3. The van der Waals surface area contributed by atoms with Gasteiger partial charge in [0.2, 0.25) is 0 Å². The number of carbonyl (C=O) groups excluding carboxylic acids is 1. The van der Waals surface area contributed by atoms with Crippen LogP contribution in [0.4, 0.5) is 22.0 Å². The third-order valence-corrected chi connectivity index (χ3v) is 6.71. The van der Waals surface area contributed by atoms with Crippen LogP contribution in [0.15, 0.2) is 35.3 Å². The van der Waals surface area contributed by atoms with E-state index in [4.69, 9.17) is 10.5 Å². The monoisotopic (exact) mass is 481 g/mol. The SMILES string of the molecule is Cc1c([C@H]2[C@H](c3cc(=O)c4c(C(N)=O)nccc4[nH]3)O[C@@](C)(C(F)(F)F)[C@H]2C)ccc(F)c1F. The number of rotatable bonds is 3. The summed E-state index contributed by atoms with van der Waals surface area (Å²) < 4.78 is 76.0. The van der Waals surface area contributed by atoms with Crippen molar-refractivity contribution in [1.29, 1.82) is 0 Å². The number of alkyl halides is 3. The molecule has 4 rings (SSSR count). The number of primary amides is 1. The predicted octanol–water partition coefficient (Wildman–Crippen LogP) is 4.42. The van der Waals surface area contributed by atoms with Crippen molar-refractivity contribution in [3.8, 4) is 0 Å². The molecular weight excluding hydrogens is 461 g/mol. The van der Waals surface area contributed by atoms with Gasteiger partial charge in [-0.15, -0.1) is 0 Å². The molecule has 0 spiro atoms. The summed E-state index contributed by atoms with van der Waals surface area (Å²) in [5.41, 5.74) is 1.70. The lowest BCUT2D eigenvalue weighted by molar-refractivity contribution is -0.275. The molecule has 2 aromatic heterocycles. The molecule has 0 saturated carbocycles. The van der Waals surface area contributed by atoms with Gasteiger partial charge in [-0.3, -0.25) is 14.6 Å². The highest BCUT2D eigenvalue weighted by Gasteiger charge is 2.64. The van der Waals surface area contributed by atoms with E-state index in [0.29, 0.717) is 0 Å². The number of hydrogen-bond donors (Lipinski definition) is 2. The summed E-state index contributed by atoms with van der Waals surface area (Å²) >= 11 is 0. The average Bonchev–Trinajstić information content (AvgIpc) is 3.03. The average molecular weight is 481 g/mol. The number of aromatic nitrogens is 2. The standard InChI is InChI=1S/C23H20F5N3O3/c1-9-11(4-5-12(24)18(9)25)16-10(2)22(3,23(26,27)28)34-20(16)14-8-15(32)17-13(31-14)6-7-30-19(17)21(29)33/h4-8,10,16,20H,1-3H3,(H2,29,33)(H,31,32)/t10-,16-,20-,22+/m0/s1. The number of amides is 1. The fourth-order valence-electron chi connectivity index (χ4n) is 4.65. The Kier molecular flexibility index (Phi) is 5.51. The zero-order valence-corrected chi connectivity index (χ0v) is 18.3. The van der Waals surface area contributed by atoms with Gasteiger partial charge in [-0.05, 0) is 37.1 Å². The van der Waals surface area contributed by atoms with E-state index in [2.05, 4.69) is 9.97 Å². The highest BCUT2D eigenvalue weighted by Crippen LogP contribution is 2.58. The summed E-state index contributed by atoms with van der Waals surface area (Å²) in [6.45, 7) is 3.47. The van der Waals surface area contributed by atoms with E-state index < -0.39 is 52.7 Å². The number of pyridine rings is 2. The molecule has 11 heteroatoms. The minimum Gasteiger partial charge on any atom is -0.364 e. The number of benzene rings is 1. The number of aromatic amines is 1. The maximum atomic E-state index is 14.4. The first-order valence-corrected chi connectivity index (χ1v) is 10.3. The fraction of sp³-hybridized carbons (Fsp3) is 0.348. The van der Waals surface area contributed by atoms with Gasteiger partial charge in [0.15, 0.2) is 22.7 Å². The van der Waals surface area contributed by atoms with Crippen molar-refractivity contribution in [3.63, 3.8) is 0 Å². The number of nitrogens with zero attached hydrogens (tertiary/aromatic N) is 1. The Labute approximate surface area is 189 Å². The van der Waals surface area contributed by atoms with Crippen LogP contribution in [0.2, 0.25) is 0 Å². The second-order valence-corrected chi connectivity index (χ2v) is 8.57. The third kappa shape index (κ3) is 3.46. The zero-order valence-electron chi connectivity index (χ0n) is 18.3. The minimum absolute atomic E-state index is 0.0203. The number of nitrogens with two attached hydrogens (primary N) is 1. The minimum atomic E-state index is -4.80. The van der Waals surface area contributed by atoms with Crippen LogP contribution in [0.3, 0.4) is 0 Å². The van der Waals surface area contributed by atoms with E-state index in [1.54, 1.807) is 0 Å². The molecule has 0 aliphatic carbocycles. The largest absolute Gasteiger partial charge is 0.417 e. The van der Waals surface area contributed by atoms with Crippen molar-refractivity contribution < 1.29 is 31.5 Å². The third-order valence-electron chi connectivity index (χ3n) is 6.71. The van der Waals surface area contributed by atoms with Crippen LogP contribution in [0, 0.1) is 24.5 Å². The van der Waals surface area contributed by atoms with Crippen molar-refractivity contribution in [2.75, 3.05) is 0 Å². The molecule has 180 valence electrons. The number of halogens is 5. The maximum absolute atomic E-state index is 14.4. The number of carbonyl (C=O) groups is 1. The Morgan fingerprint density at radius 2 is 1.91 bits per heavy atom. The Bertz CT molecular complexity index is 1370. The predicted molar refractivity (Wildman–Crippen MR) is 112 cm³/mol. The number of fused-ring (bicyclic) bond motifs is 1. The molecule has 3 heterocycles. The second kappa shape index (κ2) is 7.86. The quantitative estimate of drug-likeness (QED) is 0.541. The number of hydrogen-bond acceptors (Lipinski definition) is 4. The van der Waals surface area contributed by atoms with E-state index in [9.17, 15) is 31.5 Å². The van der Waals surface area contributed by atoms with E-state index in [0.717, 1.165) is 19.1 Å². The summed E-state index contributed by atoms with van der Waals surface area (Å²) in [6.07, 6.45) is -4.95. The van der Waals surface area contributed by atoms with E-state index >= 15 is 0 Å². The molecular formula is C23H20F5N3O3. The van der Waals surface area contributed by atoms with Gasteiger partial charge in [-0.25, -0.2) is 8.78 Å². The first kappa shape index (κ1) is 23.8. The highest BCUT2D eigenvalue weighted by molar-refractivity contribution is 6.03. The molecule has 0 bridgehead atoms. The topological polar surface area (TPSA) is 98.1 Å². The van der Waals surface area contributed by atoms with Crippen molar-refractivity contribution in [2.45, 2.75) is 44.6 Å². The molecule has 3 N–H and O–H groups in total. The van der Waals surface area contributed by atoms with E-state index in [1.807, 2.05) is 0 Å². The fourth-order valence-corrected chi connectivity index (χ4v) is 4.65. The van der Waals surface area contributed by atoms with Gasteiger partial charge in [-0.1, -0.05) is 13.0 Å². The van der Waals surface area contributed by atoms with Gasteiger partial charge in [0.1, 0.15) is 11.8 Å². The molecule has 1 aromatic carbocycles. The van der Waals surface area contributed by atoms with Gasteiger partial charge < -0.3 is 15.5 Å². The Hall–Kier alpha value is -3.34. The Morgan fingerprint density at radius 1 is 1.24 bits per heavy atom. The maximum Gasteiger partial charge on any atom is 0.417 e. The molecule has 0 radical (unpaired) electrons. The van der Waals surface area contributed by atoms with Crippen LogP contribution in [-0.4, -0.2) is 27.7 Å². The van der Waals surface area contributed by atoms with Crippen LogP contribution < -0.4 is 11.2 Å². The second-order valence-electron chi connectivity index (χ2n) is 8.57. The first-order chi connectivity index (χ1) is 15.8. The molecule has 1 aliphatic heterocycles. The summed E-state index contributed by atoms with van der Waals surface area (Å²) in [5.74, 6) is -5.58. The van der Waals surface area contributed by atoms with Gasteiger partial charge in [0.25, 0.3) is 5.91 Å². The molecule has 1 aliphatic rings. The van der Waals surface area contributed by atoms with Gasteiger partial charge in [-0.2, -0.15) is 13.2 Å². The molecule has 0 unspecified atom stereocenters. The van der Waals surface area contributed by atoms with Crippen LogP contribution >= 0.6 is 0 Å². The van der Waals surface area contributed by atoms with Crippen molar-refractivity contribution >= 4 is 16.8 Å². The highest BCUT2D eigenvalue weighted by atomic mass is 19.4. The Balaban J connectivity index is 1.96. The normalized spacial score (nSPS) is 25.1. The number of nitrogens with one attached hydrogen (secondary N) is 1. The van der Waals surface area contributed by atoms with Crippen LogP contribution in [0.5, 0.6) is 0 Å². The molecule has 1 saturated heterocycles. The molecule has 34 heavy (non-hydrogen) atoms. The summed E-state index contributed by atoms with van der Waals surface area (Å²) in [7, 11) is 0. The van der Waals surface area contributed by atoms with E-state index in [1.165, 1.54) is 32.2 Å². The van der Waals surface area contributed by atoms with Crippen LogP contribution in [0.25, 0.3) is 10.9 Å². The van der Waals surface area contributed by atoms with Crippen LogP contribution in [0.1, 0.15) is 53.2 Å². The smallest absolute Gasteiger partial charge is 0.364 e. The molecule has 3 aromatic rings. The Morgan fingerprint density at radius 3 is 2.53 bits per heavy atom. The van der Waals surface area contributed by atoms with E-state index in [-0.39, 0.29) is 33.4 Å². The molecule has 1 fully saturated rings. The lowest BCUT2D eigenvalue weighted by Crippen LogP contribution is -2.46. The summed E-state index contributed by atoms with van der Waals surface area (Å²) in [6, 6.07) is 4.45. The van der Waals surface area contributed by atoms with Crippen LogP contribution in [-0.2, 0) is 4.74 Å². The molecule has 6 nitrogen and oxygen atoms in total. The number of ether oxygens (including phenoxy) is 1.